The second-order valence-electron chi connectivity index (χ2n) is 6.02. The van der Waals surface area contributed by atoms with Crippen molar-refractivity contribution in [3.8, 4) is 22.9 Å². The summed E-state index contributed by atoms with van der Waals surface area (Å²) in [6, 6.07) is 11.6. The van der Waals surface area contributed by atoms with Crippen LogP contribution in [0, 0.1) is 0 Å². The highest BCUT2D eigenvalue weighted by molar-refractivity contribution is 7.98. The van der Waals surface area contributed by atoms with E-state index in [0.717, 1.165) is 39.2 Å². The minimum atomic E-state index is 0.258. The number of thioether (sulfide) groups is 1. The summed E-state index contributed by atoms with van der Waals surface area (Å²) in [5.74, 6) is 3.04. The lowest BCUT2D eigenvalue weighted by Gasteiger charge is -2.20. The molecule has 0 saturated carbocycles. The second-order valence-corrected chi connectivity index (χ2v) is 7.40. The Balaban J connectivity index is 1.59. The number of halogens is 1. The molecule has 0 atom stereocenters. The number of fused-ring (bicyclic) bond motifs is 1. The van der Waals surface area contributed by atoms with Gasteiger partial charge in [0.05, 0.1) is 19.3 Å². The molecule has 1 aromatic heterocycles. The molecule has 27 heavy (non-hydrogen) atoms. The highest BCUT2D eigenvalue weighted by Crippen LogP contribution is 2.36. The standard InChI is InChI=1S/C19H18ClN3O3S/c1-23-18(15-5-3-4-6-16(15)24-2)21-22-19(23)27-10-13-8-14(20)7-12-9-25-11-26-17(12)13/h3-8H,9-11H2,1-2H3. The minimum Gasteiger partial charge on any atom is -0.496 e. The Kier molecular flexibility index (Phi) is 5.24. The average Bonchev–Trinajstić information content (AvgIpc) is 3.06. The third-order valence-electron chi connectivity index (χ3n) is 4.29. The lowest BCUT2D eigenvalue weighted by Crippen LogP contribution is -2.13. The smallest absolute Gasteiger partial charge is 0.191 e. The Morgan fingerprint density at radius 2 is 2.11 bits per heavy atom. The van der Waals surface area contributed by atoms with Gasteiger partial charge in [0.2, 0.25) is 0 Å². The van der Waals surface area contributed by atoms with Crippen molar-refractivity contribution in [3.63, 3.8) is 0 Å². The van der Waals surface area contributed by atoms with Crippen LogP contribution in [-0.4, -0.2) is 28.7 Å². The topological polar surface area (TPSA) is 58.4 Å². The molecule has 6 nitrogen and oxygen atoms in total. The number of nitrogens with zero attached hydrogens (tertiary/aromatic N) is 3. The van der Waals surface area contributed by atoms with Gasteiger partial charge >= 0.3 is 0 Å². The molecule has 3 aromatic rings. The number of benzene rings is 2. The number of methoxy groups -OCH3 is 1. The first-order valence-corrected chi connectivity index (χ1v) is 9.71. The Morgan fingerprint density at radius 1 is 1.26 bits per heavy atom. The number of rotatable bonds is 5. The van der Waals surface area contributed by atoms with E-state index in [4.69, 9.17) is 25.8 Å². The van der Waals surface area contributed by atoms with E-state index >= 15 is 0 Å². The molecule has 0 aliphatic carbocycles. The molecule has 0 N–H and O–H groups in total. The van der Waals surface area contributed by atoms with Gasteiger partial charge in [-0.15, -0.1) is 10.2 Å². The molecule has 2 heterocycles. The zero-order valence-corrected chi connectivity index (χ0v) is 16.5. The first-order valence-electron chi connectivity index (χ1n) is 8.35. The summed E-state index contributed by atoms with van der Waals surface area (Å²) in [5, 5.41) is 10.2. The summed E-state index contributed by atoms with van der Waals surface area (Å²) in [6.07, 6.45) is 0. The summed E-state index contributed by atoms with van der Waals surface area (Å²) in [5.41, 5.74) is 2.90. The minimum absolute atomic E-state index is 0.258. The molecule has 1 aliphatic rings. The van der Waals surface area contributed by atoms with E-state index in [-0.39, 0.29) is 6.79 Å². The molecule has 8 heteroatoms. The summed E-state index contributed by atoms with van der Waals surface area (Å²) < 4.78 is 18.4. The number of para-hydroxylation sites is 1. The first-order chi connectivity index (χ1) is 13.2. The molecule has 0 spiro atoms. The molecule has 0 bridgehead atoms. The van der Waals surface area contributed by atoms with Crippen LogP contribution in [0.15, 0.2) is 41.6 Å². The van der Waals surface area contributed by atoms with Crippen LogP contribution in [0.4, 0.5) is 0 Å². The molecule has 140 valence electrons. The molecule has 1 aliphatic heterocycles. The Hall–Kier alpha value is -2.22. The van der Waals surface area contributed by atoms with Crippen molar-refractivity contribution in [1.29, 1.82) is 0 Å². The normalized spacial score (nSPS) is 13.1. The number of hydrogen-bond acceptors (Lipinski definition) is 6. The van der Waals surface area contributed by atoms with Crippen LogP contribution in [0.25, 0.3) is 11.4 Å². The largest absolute Gasteiger partial charge is 0.496 e. The monoisotopic (exact) mass is 403 g/mol. The van der Waals surface area contributed by atoms with Gasteiger partial charge in [0.25, 0.3) is 0 Å². The van der Waals surface area contributed by atoms with Crippen molar-refractivity contribution in [2.75, 3.05) is 13.9 Å². The second kappa shape index (κ2) is 7.80. The first kappa shape index (κ1) is 18.2. The van der Waals surface area contributed by atoms with Gasteiger partial charge in [0.1, 0.15) is 11.5 Å². The van der Waals surface area contributed by atoms with Crippen LogP contribution in [0.1, 0.15) is 11.1 Å². The third-order valence-corrected chi connectivity index (χ3v) is 5.58. The Labute approximate surface area is 166 Å². The van der Waals surface area contributed by atoms with E-state index in [0.29, 0.717) is 17.4 Å². The summed E-state index contributed by atoms with van der Waals surface area (Å²) in [7, 11) is 3.60. The van der Waals surface area contributed by atoms with E-state index in [1.165, 1.54) is 0 Å². The molecule has 0 fully saturated rings. The van der Waals surface area contributed by atoms with Gasteiger partial charge in [0.15, 0.2) is 17.8 Å². The molecular formula is C19H18ClN3O3S. The van der Waals surface area contributed by atoms with Crippen molar-refractivity contribution in [2.24, 2.45) is 7.05 Å². The Bertz CT molecular complexity index is 977. The lowest BCUT2D eigenvalue weighted by molar-refractivity contribution is -0.0168. The zero-order valence-electron chi connectivity index (χ0n) is 14.9. The molecule has 4 rings (SSSR count). The fraction of sp³-hybridized carbons (Fsp3) is 0.263. The van der Waals surface area contributed by atoms with Crippen LogP contribution in [0.2, 0.25) is 5.02 Å². The summed E-state index contributed by atoms with van der Waals surface area (Å²) in [6.45, 7) is 0.768. The van der Waals surface area contributed by atoms with Gasteiger partial charge in [-0.05, 0) is 24.3 Å². The van der Waals surface area contributed by atoms with Gasteiger partial charge in [0, 0.05) is 29.0 Å². The third kappa shape index (κ3) is 3.63. The fourth-order valence-corrected chi connectivity index (χ4v) is 4.15. The molecular weight excluding hydrogens is 386 g/mol. The van der Waals surface area contributed by atoms with Gasteiger partial charge in [-0.1, -0.05) is 35.5 Å². The van der Waals surface area contributed by atoms with Crippen molar-refractivity contribution in [1.82, 2.24) is 14.8 Å². The van der Waals surface area contributed by atoms with Crippen molar-refractivity contribution in [2.45, 2.75) is 17.5 Å². The number of hydrogen-bond donors (Lipinski definition) is 0. The van der Waals surface area contributed by atoms with E-state index in [1.54, 1.807) is 18.9 Å². The van der Waals surface area contributed by atoms with E-state index in [1.807, 2.05) is 48.0 Å². The van der Waals surface area contributed by atoms with Crippen molar-refractivity contribution >= 4 is 23.4 Å². The maximum Gasteiger partial charge on any atom is 0.191 e. The molecule has 0 saturated heterocycles. The van der Waals surface area contributed by atoms with Crippen LogP contribution < -0.4 is 9.47 Å². The number of ether oxygens (including phenoxy) is 3. The summed E-state index contributed by atoms with van der Waals surface area (Å²) >= 11 is 7.82. The maximum atomic E-state index is 6.24. The maximum absolute atomic E-state index is 6.24. The predicted octanol–water partition coefficient (Wildman–Crippen LogP) is 4.30. The molecule has 0 amide bonds. The van der Waals surface area contributed by atoms with E-state index < -0.39 is 0 Å². The van der Waals surface area contributed by atoms with Crippen LogP contribution in [0.3, 0.4) is 0 Å². The quantitative estimate of drug-likeness (QED) is 0.592. The van der Waals surface area contributed by atoms with Crippen LogP contribution in [0.5, 0.6) is 11.5 Å². The molecule has 2 aromatic carbocycles. The van der Waals surface area contributed by atoms with Crippen LogP contribution >= 0.6 is 23.4 Å². The van der Waals surface area contributed by atoms with Crippen molar-refractivity contribution < 1.29 is 14.2 Å². The van der Waals surface area contributed by atoms with Gasteiger partial charge in [-0.3, -0.25) is 0 Å². The highest BCUT2D eigenvalue weighted by Gasteiger charge is 2.19. The lowest BCUT2D eigenvalue weighted by atomic mass is 10.1. The average molecular weight is 404 g/mol. The number of aromatic nitrogens is 3. The zero-order chi connectivity index (χ0) is 18.8. The fourth-order valence-electron chi connectivity index (χ4n) is 3.01. The summed E-state index contributed by atoms with van der Waals surface area (Å²) in [4.78, 5) is 0. The van der Waals surface area contributed by atoms with Gasteiger partial charge in [-0.2, -0.15) is 0 Å². The highest BCUT2D eigenvalue weighted by atomic mass is 35.5. The van der Waals surface area contributed by atoms with Crippen LogP contribution in [-0.2, 0) is 24.1 Å². The molecule has 0 unspecified atom stereocenters. The SMILES string of the molecule is COc1ccccc1-c1nnc(SCc2cc(Cl)cc3c2OCOC3)n1C. The van der Waals surface area contributed by atoms with E-state index in [9.17, 15) is 0 Å². The van der Waals surface area contributed by atoms with E-state index in [2.05, 4.69) is 10.2 Å². The predicted molar refractivity (Wildman–Crippen MR) is 104 cm³/mol. The van der Waals surface area contributed by atoms with Crippen molar-refractivity contribution in [3.05, 3.63) is 52.5 Å². The van der Waals surface area contributed by atoms with Gasteiger partial charge < -0.3 is 18.8 Å². The molecule has 0 radical (unpaired) electrons. The van der Waals surface area contributed by atoms with Gasteiger partial charge in [-0.25, -0.2) is 0 Å². The Morgan fingerprint density at radius 3 is 2.96 bits per heavy atom.